The van der Waals surface area contributed by atoms with Crippen molar-refractivity contribution >= 4 is 35.0 Å². The molecule has 3 aromatic carbocycles. The number of rotatable bonds is 8. The number of nitrogens with one attached hydrogen (secondary N) is 1. The summed E-state index contributed by atoms with van der Waals surface area (Å²) in [5.74, 6) is 1.69. The van der Waals surface area contributed by atoms with Crippen LogP contribution in [0.5, 0.6) is 5.75 Å². The van der Waals surface area contributed by atoms with Gasteiger partial charge in [-0.3, -0.25) is 4.79 Å². The first-order valence-corrected chi connectivity index (χ1v) is 10.8. The number of carbonyl (C=O) groups excluding carboxylic acids is 1. The van der Waals surface area contributed by atoms with E-state index in [2.05, 4.69) is 11.4 Å². The van der Waals surface area contributed by atoms with Crippen LogP contribution >= 0.6 is 23.4 Å². The highest BCUT2D eigenvalue weighted by atomic mass is 35.5. The predicted molar refractivity (Wildman–Crippen MR) is 122 cm³/mol. The van der Waals surface area contributed by atoms with Gasteiger partial charge in [0.2, 0.25) is 5.91 Å². The van der Waals surface area contributed by atoms with Crippen LogP contribution in [0.3, 0.4) is 0 Å². The third kappa shape index (κ3) is 6.28. The second-order valence-corrected chi connectivity index (χ2v) is 8.22. The largest absolute Gasteiger partial charge is 0.496 e. The second-order valence-electron chi connectivity index (χ2n) is 6.76. The van der Waals surface area contributed by atoms with Crippen LogP contribution in [0.1, 0.15) is 23.1 Å². The number of carbonyl (C=O) groups is 1. The summed E-state index contributed by atoms with van der Waals surface area (Å²) < 4.78 is 5.29. The number of anilines is 1. The smallest absolute Gasteiger partial charge is 0.224 e. The Bertz CT molecular complexity index is 973. The summed E-state index contributed by atoms with van der Waals surface area (Å²) in [4.78, 5) is 13.5. The summed E-state index contributed by atoms with van der Waals surface area (Å²) >= 11 is 7.65. The molecule has 0 bridgehead atoms. The third-order valence-electron chi connectivity index (χ3n) is 4.57. The van der Waals surface area contributed by atoms with Gasteiger partial charge in [-0.15, -0.1) is 11.8 Å². The van der Waals surface area contributed by atoms with Crippen molar-refractivity contribution in [2.75, 3.05) is 12.4 Å². The van der Waals surface area contributed by atoms with Crippen molar-refractivity contribution in [2.45, 2.75) is 30.4 Å². The van der Waals surface area contributed by atoms with E-state index in [1.54, 1.807) is 18.9 Å². The minimum Gasteiger partial charge on any atom is -0.496 e. The average molecular weight is 426 g/mol. The number of thioether (sulfide) groups is 1. The molecule has 0 aliphatic rings. The minimum absolute atomic E-state index is 0.0121. The van der Waals surface area contributed by atoms with E-state index in [0.29, 0.717) is 12.8 Å². The Morgan fingerprint density at radius 2 is 1.76 bits per heavy atom. The molecule has 0 fully saturated rings. The van der Waals surface area contributed by atoms with E-state index in [1.165, 1.54) is 5.56 Å². The van der Waals surface area contributed by atoms with Gasteiger partial charge in [-0.05, 0) is 60.4 Å². The van der Waals surface area contributed by atoms with Gasteiger partial charge >= 0.3 is 0 Å². The Labute approximate surface area is 181 Å². The molecule has 0 saturated heterocycles. The Kier molecular flexibility index (Phi) is 7.62. The van der Waals surface area contributed by atoms with Crippen LogP contribution in [0.15, 0.2) is 71.6 Å². The lowest BCUT2D eigenvalue weighted by atomic mass is 10.1. The van der Waals surface area contributed by atoms with E-state index in [0.717, 1.165) is 38.2 Å². The Hall–Kier alpha value is -2.43. The molecule has 3 rings (SSSR count). The van der Waals surface area contributed by atoms with E-state index < -0.39 is 0 Å². The molecule has 5 heteroatoms. The monoisotopic (exact) mass is 425 g/mol. The molecule has 29 heavy (non-hydrogen) atoms. The van der Waals surface area contributed by atoms with Crippen LogP contribution in [-0.2, 0) is 17.0 Å². The molecule has 0 saturated carbocycles. The number of ether oxygens (including phenoxy) is 1. The molecular weight excluding hydrogens is 402 g/mol. The fourth-order valence-corrected chi connectivity index (χ4v) is 4.09. The van der Waals surface area contributed by atoms with Crippen molar-refractivity contribution in [2.24, 2.45) is 0 Å². The Morgan fingerprint density at radius 3 is 2.48 bits per heavy atom. The number of amides is 1. The molecule has 0 heterocycles. The van der Waals surface area contributed by atoms with Crippen LogP contribution in [-0.4, -0.2) is 13.0 Å². The van der Waals surface area contributed by atoms with Crippen molar-refractivity contribution in [1.29, 1.82) is 0 Å². The average Bonchev–Trinajstić information content (AvgIpc) is 2.73. The van der Waals surface area contributed by atoms with E-state index in [9.17, 15) is 4.79 Å². The summed E-state index contributed by atoms with van der Waals surface area (Å²) in [5, 5.41) is 3.79. The number of para-hydroxylation sites is 1. The molecule has 1 amide bonds. The number of benzene rings is 3. The summed E-state index contributed by atoms with van der Waals surface area (Å²) in [6, 6.07) is 21.8. The highest BCUT2D eigenvalue weighted by molar-refractivity contribution is 7.98. The topological polar surface area (TPSA) is 38.3 Å². The van der Waals surface area contributed by atoms with Crippen LogP contribution < -0.4 is 10.1 Å². The van der Waals surface area contributed by atoms with Gasteiger partial charge in [0.05, 0.1) is 12.8 Å². The first-order chi connectivity index (χ1) is 14.0. The summed E-state index contributed by atoms with van der Waals surface area (Å²) in [6.45, 7) is 2.01. The SMILES string of the molecule is COc1ccc(CCC(=O)Nc2ccccc2SCc2ccc(Cl)cc2)cc1C. The number of hydrogen-bond acceptors (Lipinski definition) is 3. The molecule has 150 valence electrons. The molecule has 0 spiro atoms. The van der Waals surface area contributed by atoms with E-state index in [4.69, 9.17) is 16.3 Å². The van der Waals surface area contributed by atoms with Crippen LogP contribution in [0, 0.1) is 6.92 Å². The highest BCUT2D eigenvalue weighted by Crippen LogP contribution is 2.30. The van der Waals surface area contributed by atoms with Crippen molar-refractivity contribution in [3.8, 4) is 5.75 Å². The highest BCUT2D eigenvalue weighted by Gasteiger charge is 2.09. The maximum absolute atomic E-state index is 12.5. The Morgan fingerprint density at radius 1 is 1.03 bits per heavy atom. The van der Waals surface area contributed by atoms with Gasteiger partial charge in [-0.1, -0.05) is 48.0 Å². The van der Waals surface area contributed by atoms with Crippen LogP contribution in [0.4, 0.5) is 5.69 Å². The fourth-order valence-electron chi connectivity index (χ4n) is 3.00. The number of hydrogen-bond donors (Lipinski definition) is 1. The van der Waals surface area contributed by atoms with Gasteiger partial charge in [0, 0.05) is 22.1 Å². The lowest BCUT2D eigenvalue weighted by molar-refractivity contribution is -0.116. The fraction of sp³-hybridized carbons (Fsp3) is 0.208. The molecule has 0 aliphatic carbocycles. The van der Waals surface area contributed by atoms with Crippen LogP contribution in [0.2, 0.25) is 5.02 Å². The standard InChI is InChI=1S/C24H24ClNO2S/c1-17-15-18(9-13-22(17)28-2)10-14-24(27)26-21-5-3-4-6-23(21)29-16-19-7-11-20(25)12-8-19/h3-9,11-13,15H,10,14,16H2,1-2H3,(H,26,27). The molecule has 3 nitrogen and oxygen atoms in total. The van der Waals surface area contributed by atoms with E-state index in [-0.39, 0.29) is 5.91 Å². The van der Waals surface area contributed by atoms with E-state index in [1.807, 2.05) is 67.6 Å². The normalized spacial score (nSPS) is 10.6. The molecule has 0 aliphatic heterocycles. The molecular formula is C24H24ClNO2S. The van der Waals surface area contributed by atoms with Gasteiger partial charge in [-0.25, -0.2) is 0 Å². The second kappa shape index (κ2) is 10.4. The predicted octanol–water partition coefficient (Wildman–Crippen LogP) is 6.52. The number of aryl methyl sites for hydroxylation is 2. The lowest BCUT2D eigenvalue weighted by Gasteiger charge is -2.11. The van der Waals surface area contributed by atoms with Crippen molar-refractivity contribution < 1.29 is 9.53 Å². The zero-order chi connectivity index (χ0) is 20.6. The number of halogens is 1. The minimum atomic E-state index is 0.0121. The molecule has 0 radical (unpaired) electrons. The van der Waals surface area contributed by atoms with Crippen molar-refractivity contribution in [3.05, 3.63) is 88.4 Å². The first-order valence-electron chi connectivity index (χ1n) is 9.45. The van der Waals surface area contributed by atoms with Gasteiger partial charge < -0.3 is 10.1 Å². The molecule has 3 aromatic rings. The summed E-state index contributed by atoms with van der Waals surface area (Å²) in [7, 11) is 1.66. The molecule has 1 N–H and O–H groups in total. The maximum atomic E-state index is 12.5. The van der Waals surface area contributed by atoms with Crippen LogP contribution in [0.25, 0.3) is 0 Å². The van der Waals surface area contributed by atoms with Gasteiger partial charge in [0.1, 0.15) is 5.75 Å². The van der Waals surface area contributed by atoms with Gasteiger partial charge in [0.25, 0.3) is 0 Å². The van der Waals surface area contributed by atoms with Crippen molar-refractivity contribution in [1.82, 2.24) is 0 Å². The summed E-state index contributed by atoms with van der Waals surface area (Å²) in [5.41, 5.74) is 4.25. The zero-order valence-corrected chi connectivity index (χ0v) is 18.1. The third-order valence-corrected chi connectivity index (χ3v) is 5.97. The van der Waals surface area contributed by atoms with Gasteiger partial charge in [-0.2, -0.15) is 0 Å². The summed E-state index contributed by atoms with van der Waals surface area (Å²) in [6.07, 6.45) is 1.12. The maximum Gasteiger partial charge on any atom is 0.224 e. The van der Waals surface area contributed by atoms with Gasteiger partial charge in [0.15, 0.2) is 0 Å². The lowest BCUT2D eigenvalue weighted by Crippen LogP contribution is -2.13. The quantitative estimate of drug-likeness (QED) is 0.417. The first kappa shape index (κ1) is 21.3. The number of methoxy groups -OCH3 is 1. The van der Waals surface area contributed by atoms with Crippen molar-refractivity contribution in [3.63, 3.8) is 0 Å². The molecule has 0 unspecified atom stereocenters. The van der Waals surface area contributed by atoms with E-state index >= 15 is 0 Å². The zero-order valence-electron chi connectivity index (χ0n) is 16.6. The molecule has 0 atom stereocenters. The molecule has 0 aromatic heterocycles. The Balaban J connectivity index is 1.57.